The van der Waals surface area contributed by atoms with Gasteiger partial charge < -0.3 is 4.57 Å². The number of pyridine rings is 1. The average molecular weight is 378 g/mol. The number of benzene rings is 2. The minimum absolute atomic E-state index is 0.0746. The zero-order valence-corrected chi connectivity index (χ0v) is 15.5. The zero-order valence-electron chi connectivity index (χ0n) is 14.7. The summed E-state index contributed by atoms with van der Waals surface area (Å²) in [6.07, 6.45) is 1.74. The molecule has 0 aliphatic carbocycles. The highest BCUT2D eigenvalue weighted by molar-refractivity contribution is 7.89. The molecule has 0 aliphatic rings. The molecule has 4 aromatic rings. The lowest BCUT2D eigenvalue weighted by Crippen LogP contribution is -2.11. The Bertz CT molecular complexity index is 1210. The van der Waals surface area contributed by atoms with Gasteiger partial charge in [-0.25, -0.2) is 23.5 Å². The number of nitrogens with zero attached hydrogens (tertiary/aromatic N) is 3. The summed E-state index contributed by atoms with van der Waals surface area (Å²) in [5.74, 6) is 0.727. The van der Waals surface area contributed by atoms with E-state index in [0.717, 1.165) is 28.1 Å². The summed E-state index contributed by atoms with van der Waals surface area (Å²) in [5, 5.41) is 5.19. The van der Waals surface area contributed by atoms with E-state index in [4.69, 9.17) is 10.1 Å². The predicted molar refractivity (Wildman–Crippen MR) is 105 cm³/mol. The van der Waals surface area contributed by atoms with E-state index in [1.165, 1.54) is 17.7 Å². The normalized spacial score (nSPS) is 11.8. The van der Waals surface area contributed by atoms with Crippen LogP contribution in [0.3, 0.4) is 0 Å². The lowest BCUT2D eigenvalue weighted by atomic mass is 10.1. The van der Waals surface area contributed by atoms with Gasteiger partial charge in [0.05, 0.1) is 11.4 Å². The van der Waals surface area contributed by atoms with Gasteiger partial charge in [-0.1, -0.05) is 29.8 Å². The van der Waals surface area contributed by atoms with E-state index in [-0.39, 0.29) is 4.90 Å². The molecule has 0 saturated carbocycles. The van der Waals surface area contributed by atoms with Crippen LogP contribution in [0.4, 0.5) is 0 Å². The molecule has 0 spiro atoms. The molecule has 6 nitrogen and oxygen atoms in total. The van der Waals surface area contributed by atoms with Gasteiger partial charge in [0.1, 0.15) is 11.3 Å². The second kappa shape index (κ2) is 6.61. The number of aromatic nitrogens is 3. The first kappa shape index (κ1) is 17.4. The van der Waals surface area contributed by atoms with Crippen LogP contribution in [-0.2, 0) is 16.6 Å². The fraction of sp³-hybridized carbons (Fsp3) is 0.100. The first-order valence-corrected chi connectivity index (χ1v) is 9.96. The van der Waals surface area contributed by atoms with Crippen LogP contribution in [0, 0.1) is 6.92 Å². The molecular formula is C20H18N4O2S. The van der Waals surface area contributed by atoms with Crippen LogP contribution in [0.25, 0.3) is 22.6 Å². The average Bonchev–Trinajstić information content (AvgIpc) is 3.02. The summed E-state index contributed by atoms with van der Waals surface area (Å²) in [4.78, 5) is 9.27. The van der Waals surface area contributed by atoms with Crippen LogP contribution in [0.1, 0.15) is 11.1 Å². The third kappa shape index (κ3) is 3.47. The Labute approximate surface area is 157 Å². The summed E-state index contributed by atoms with van der Waals surface area (Å²) in [6, 6.07) is 18.5. The Morgan fingerprint density at radius 2 is 1.70 bits per heavy atom. The van der Waals surface area contributed by atoms with Crippen LogP contribution >= 0.6 is 0 Å². The number of aryl methyl sites for hydroxylation is 1. The van der Waals surface area contributed by atoms with Crippen molar-refractivity contribution < 1.29 is 8.42 Å². The van der Waals surface area contributed by atoms with Gasteiger partial charge in [0.2, 0.25) is 10.0 Å². The third-order valence-corrected chi connectivity index (χ3v) is 5.34. The minimum atomic E-state index is -3.73. The smallest absolute Gasteiger partial charge is 0.238 e. The van der Waals surface area contributed by atoms with Crippen molar-refractivity contribution >= 4 is 21.2 Å². The molecule has 27 heavy (non-hydrogen) atoms. The highest BCUT2D eigenvalue weighted by Crippen LogP contribution is 2.25. The second-order valence-electron chi connectivity index (χ2n) is 6.42. The lowest BCUT2D eigenvalue weighted by Gasteiger charge is -2.10. The van der Waals surface area contributed by atoms with E-state index in [1.807, 2.05) is 16.7 Å². The molecule has 2 N–H and O–H groups in total. The highest BCUT2D eigenvalue weighted by atomic mass is 32.2. The van der Waals surface area contributed by atoms with Gasteiger partial charge in [0.25, 0.3) is 0 Å². The third-order valence-electron chi connectivity index (χ3n) is 4.41. The number of nitrogens with two attached hydrogens (primary N) is 1. The van der Waals surface area contributed by atoms with Crippen molar-refractivity contribution in [3.8, 4) is 11.4 Å². The Morgan fingerprint density at radius 1 is 1.00 bits per heavy atom. The molecule has 0 atom stereocenters. The second-order valence-corrected chi connectivity index (χ2v) is 7.98. The number of imidazole rings is 1. The quantitative estimate of drug-likeness (QED) is 0.591. The topological polar surface area (TPSA) is 90.9 Å². The van der Waals surface area contributed by atoms with Crippen LogP contribution in [0.15, 0.2) is 71.8 Å². The first-order chi connectivity index (χ1) is 12.9. The summed E-state index contributed by atoms with van der Waals surface area (Å²) in [6.45, 7) is 2.66. The van der Waals surface area contributed by atoms with Gasteiger partial charge >= 0.3 is 0 Å². The monoisotopic (exact) mass is 378 g/mol. The Balaban J connectivity index is 1.83. The van der Waals surface area contributed by atoms with E-state index < -0.39 is 10.0 Å². The molecule has 0 aliphatic heterocycles. The number of hydrogen-bond donors (Lipinski definition) is 1. The van der Waals surface area contributed by atoms with E-state index in [2.05, 4.69) is 36.2 Å². The zero-order chi connectivity index (χ0) is 19.0. The first-order valence-electron chi connectivity index (χ1n) is 8.42. The molecule has 0 saturated heterocycles. The van der Waals surface area contributed by atoms with Crippen molar-refractivity contribution in [2.45, 2.75) is 18.4 Å². The van der Waals surface area contributed by atoms with Gasteiger partial charge in [-0.3, -0.25) is 0 Å². The maximum atomic E-state index is 11.5. The Kier molecular flexibility index (Phi) is 4.25. The van der Waals surface area contributed by atoms with E-state index in [1.54, 1.807) is 18.3 Å². The van der Waals surface area contributed by atoms with Gasteiger partial charge in [-0.05, 0) is 48.9 Å². The van der Waals surface area contributed by atoms with Crippen molar-refractivity contribution in [2.75, 3.05) is 0 Å². The lowest BCUT2D eigenvalue weighted by molar-refractivity contribution is 0.598. The maximum Gasteiger partial charge on any atom is 0.238 e. The minimum Gasteiger partial charge on any atom is -0.304 e. The molecule has 0 unspecified atom stereocenters. The number of sulfonamides is 1. The fourth-order valence-electron chi connectivity index (χ4n) is 3.00. The van der Waals surface area contributed by atoms with Gasteiger partial charge in [-0.2, -0.15) is 0 Å². The standard InChI is InChI=1S/C20H18N4O2S/c1-14-4-6-15(7-5-14)13-24-19(23-18-3-2-12-22-20(18)24)16-8-10-17(11-9-16)27(21,25)26/h2-12H,13H2,1H3,(H2,21,25,26). The number of rotatable bonds is 4. The summed E-state index contributed by atoms with van der Waals surface area (Å²) in [7, 11) is -3.73. The molecule has 0 radical (unpaired) electrons. The Hall–Kier alpha value is -3.03. The maximum absolute atomic E-state index is 11.5. The van der Waals surface area contributed by atoms with E-state index in [0.29, 0.717) is 6.54 Å². The molecule has 0 bridgehead atoms. The van der Waals surface area contributed by atoms with E-state index in [9.17, 15) is 8.42 Å². The fourth-order valence-corrected chi connectivity index (χ4v) is 3.51. The molecule has 136 valence electrons. The molecule has 4 rings (SSSR count). The van der Waals surface area contributed by atoms with Crippen LogP contribution in [-0.4, -0.2) is 23.0 Å². The summed E-state index contributed by atoms with van der Waals surface area (Å²) >= 11 is 0. The van der Waals surface area contributed by atoms with Crippen molar-refractivity contribution in [2.24, 2.45) is 5.14 Å². The summed E-state index contributed by atoms with van der Waals surface area (Å²) in [5.41, 5.74) is 4.70. The summed E-state index contributed by atoms with van der Waals surface area (Å²) < 4.78 is 25.0. The highest BCUT2D eigenvalue weighted by Gasteiger charge is 2.15. The molecule has 2 heterocycles. The van der Waals surface area contributed by atoms with Crippen molar-refractivity contribution in [3.05, 3.63) is 78.0 Å². The van der Waals surface area contributed by atoms with Gasteiger partial charge in [0, 0.05) is 11.8 Å². The van der Waals surface area contributed by atoms with E-state index >= 15 is 0 Å². The number of primary sulfonamides is 1. The van der Waals surface area contributed by atoms with Gasteiger partial charge in [-0.15, -0.1) is 0 Å². The van der Waals surface area contributed by atoms with Gasteiger partial charge in [0.15, 0.2) is 5.65 Å². The van der Waals surface area contributed by atoms with Crippen LogP contribution < -0.4 is 5.14 Å². The van der Waals surface area contributed by atoms with Crippen LogP contribution in [0.5, 0.6) is 0 Å². The SMILES string of the molecule is Cc1ccc(Cn2c(-c3ccc(S(N)(=O)=O)cc3)nc3cccnc32)cc1. The number of fused-ring (bicyclic) bond motifs is 1. The van der Waals surface area contributed by atoms with Crippen molar-refractivity contribution in [1.29, 1.82) is 0 Å². The molecule has 0 fully saturated rings. The molecular weight excluding hydrogens is 360 g/mol. The molecule has 7 heteroatoms. The molecule has 0 amide bonds. The number of hydrogen-bond acceptors (Lipinski definition) is 4. The molecule has 2 aromatic heterocycles. The Morgan fingerprint density at radius 3 is 2.37 bits per heavy atom. The molecule has 2 aromatic carbocycles. The predicted octanol–water partition coefficient (Wildman–Crippen LogP) is 3.10. The van der Waals surface area contributed by atoms with Crippen molar-refractivity contribution in [1.82, 2.24) is 14.5 Å². The van der Waals surface area contributed by atoms with Crippen molar-refractivity contribution in [3.63, 3.8) is 0 Å². The van der Waals surface area contributed by atoms with Crippen LogP contribution in [0.2, 0.25) is 0 Å². The largest absolute Gasteiger partial charge is 0.304 e.